The molecule has 0 radical (unpaired) electrons. The van der Waals surface area contributed by atoms with Crippen LogP contribution in [0.4, 0.5) is 0 Å². The highest BCUT2D eigenvalue weighted by Crippen LogP contribution is 2.36. The number of esters is 1. The first-order valence-corrected chi connectivity index (χ1v) is 8.53. The predicted molar refractivity (Wildman–Crippen MR) is 95.3 cm³/mol. The molecule has 0 aliphatic carbocycles. The van der Waals surface area contributed by atoms with Crippen LogP contribution in [0.25, 0.3) is 0 Å². The SMILES string of the molecule is CCCc1cc(C(=O)OC)ccc1O[C@@H](C(=O)O)c1ccc2c(c1)OCO2. The van der Waals surface area contributed by atoms with E-state index in [1.54, 1.807) is 36.4 Å². The molecule has 0 unspecified atom stereocenters. The lowest BCUT2D eigenvalue weighted by Crippen LogP contribution is -2.19. The second kappa shape index (κ2) is 7.99. The molecule has 0 spiro atoms. The van der Waals surface area contributed by atoms with Crippen molar-refractivity contribution in [2.45, 2.75) is 25.9 Å². The molecule has 1 N–H and O–H groups in total. The Balaban J connectivity index is 1.92. The number of hydrogen-bond acceptors (Lipinski definition) is 6. The average molecular weight is 372 g/mol. The van der Waals surface area contributed by atoms with E-state index in [0.717, 1.165) is 12.0 Å². The van der Waals surface area contributed by atoms with Gasteiger partial charge in [0, 0.05) is 5.56 Å². The first kappa shape index (κ1) is 18.6. The van der Waals surface area contributed by atoms with Crippen LogP contribution in [-0.2, 0) is 16.0 Å². The van der Waals surface area contributed by atoms with Gasteiger partial charge in [0.2, 0.25) is 12.9 Å². The third-order valence-corrected chi connectivity index (χ3v) is 4.17. The number of aryl methyl sites for hydroxylation is 1. The number of benzene rings is 2. The van der Waals surface area contributed by atoms with E-state index in [2.05, 4.69) is 0 Å². The minimum absolute atomic E-state index is 0.104. The van der Waals surface area contributed by atoms with Gasteiger partial charge in [-0.2, -0.15) is 0 Å². The molecule has 0 bridgehead atoms. The molecule has 0 amide bonds. The summed E-state index contributed by atoms with van der Waals surface area (Å²) in [5.74, 6) is -0.124. The summed E-state index contributed by atoms with van der Waals surface area (Å²) in [4.78, 5) is 23.6. The fraction of sp³-hybridized carbons (Fsp3) is 0.300. The van der Waals surface area contributed by atoms with Crippen LogP contribution < -0.4 is 14.2 Å². The summed E-state index contributed by atoms with van der Waals surface area (Å²) in [7, 11) is 1.31. The van der Waals surface area contributed by atoms with Crippen LogP contribution in [0.15, 0.2) is 36.4 Å². The molecule has 1 aliphatic rings. The molecule has 1 heterocycles. The smallest absolute Gasteiger partial charge is 0.349 e. The van der Waals surface area contributed by atoms with Crippen molar-refractivity contribution >= 4 is 11.9 Å². The quantitative estimate of drug-likeness (QED) is 0.745. The number of fused-ring (bicyclic) bond motifs is 1. The van der Waals surface area contributed by atoms with E-state index >= 15 is 0 Å². The molecule has 27 heavy (non-hydrogen) atoms. The fourth-order valence-electron chi connectivity index (χ4n) is 2.87. The Morgan fingerprint density at radius 3 is 2.63 bits per heavy atom. The van der Waals surface area contributed by atoms with E-state index in [1.807, 2.05) is 6.92 Å². The standard InChI is InChI=1S/C20H20O7/c1-3-4-12-9-14(20(23)24-2)6-7-15(12)27-18(19(21)22)13-5-8-16-17(10-13)26-11-25-16/h5-10,18H,3-4,11H2,1-2H3,(H,21,22)/t18-/m1/s1. The summed E-state index contributed by atoms with van der Waals surface area (Å²) in [5, 5.41) is 9.67. The van der Waals surface area contributed by atoms with Crippen LogP contribution in [0.1, 0.15) is 40.9 Å². The summed E-state index contributed by atoms with van der Waals surface area (Å²) in [6.45, 7) is 2.09. The van der Waals surface area contributed by atoms with Gasteiger partial charge in [0.15, 0.2) is 11.5 Å². The Morgan fingerprint density at radius 1 is 1.15 bits per heavy atom. The van der Waals surface area contributed by atoms with E-state index < -0.39 is 18.0 Å². The van der Waals surface area contributed by atoms with E-state index in [-0.39, 0.29) is 6.79 Å². The van der Waals surface area contributed by atoms with Crippen molar-refractivity contribution < 1.29 is 33.6 Å². The lowest BCUT2D eigenvalue weighted by atomic mass is 10.0. The number of methoxy groups -OCH3 is 1. The van der Waals surface area contributed by atoms with Gasteiger partial charge in [-0.3, -0.25) is 0 Å². The molecule has 1 atom stereocenters. The van der Waals surface area contributed by atoms with Gasteiger partial charge in [-0.1, -0.05) is 19.4 Å². The lowest BCUT2D eigenvalue weighted by Gasteiger charge is -2.19. The first-order valence-electron chi connectivity index (χ1n) is 8.53. The predicted octanol–water partition coefficient (Wildman–Crippen LogP) is 3.36. The Bertz CT molecular complexity index is 859. The van der Waals surface area contributed by atoms with Crippen molar-refractivity contribution in [3.05, 3.63) is 53.1 Å². The second-order valence-electron chi connectivity index (χ2n) is 6.01. The maximum Gasteiger partial charge on any atom is 0.349 e. The van der Waals surface area contributed by atoms with Crippen molar-refractivity contribution in [3.63, 3.8) is 0 Å². The van der Waals surface area contributed by atoms with Crippen LogP contribution in [0.5, 0.6) is 17.2 Å². The molecule has 0 aromatic heterocycles. The monoisotopic (exact) mass is 372 g/mol. The summed E-state index contributed by atoms with van der Waals surface area (Å²) in [5.41, 5.74) is 1.57. The van der Waals surface area contributed by atoms with E-state index in [0.29, 0.717) is 34.8 Å². The van der Waals surface area contributed by atoms with Crippen LogP contribution >= 0.6 is 0 Å². The molecule has 3 rings (SSSR count). The molecule has 0 saturated carbocycles. The number of ether oxygens (including phenoxy) is 4. The third kappa shape index (κ3) is 3.97. The number of carboxylic acids is 1. The Morgan fingerprint density at radius 2 is 1.93 bits per heavy atom. The molecule has 142 valence electrons. The van der Waals surface area contributed by atoms with Crippen LogP contribution in [0.3, 0.4) is 0 Å². The number of carboxylic acid groups (broad SMARTS) is 1. The number of rotatable bonds is 7. The number of hydrogen-bond donors (Lipinski definition) is 1. The molecule has 2 aromatic rings. The summed E-state index contributed by atoms with van der Waals surface area (Å²) in [6, 6.07) is 9.71. The molecule has 0 fully saturated rings. The zero-order valence-electron chi connectivity index (χ0n) is 15.1. The van der Waals surface area contributed by atoms with Gasteiger partial charge in [-0.05, 0) is 42.3 Å². The van der Waals surface area contributed by atoms with Crippen LogP contribution in [-0.4, -0.2) is 30.9 Å². The van der Waals surface area contributed by atoms with Gasteiger partial charge in [0.1, 0.15) is 5.75 Å². The third-order valence-electron chi connectivity index (χ3n) is 4.17. The van der Waals surface area contributed by atoms with E-state index in [9.17, 15) is 14.7 Å². The van der Waals surface area contributed by atoms with Crippen molar-refractivity contribution in [1.82, 2.24) is 0 Å². The summed E-state index contributed by atoms with van der Waals surface area (Å²) < 4.78 is 21.1. The highest BCUT2D eigenvalue weighted by molar-refractivity contribution is 5.89. The number of aliphatic carboxylic acids is 1. The van der Waals surface area contributed by atoms with Crippen molar-refractivity contribution in [2.24, 2.45) is 0 Å². The second-order valence-corrected chi connectivity index (χ2v) is 6.01. The van der Waals surface area contributed by atoms with Gasteiger partial charge in [0.25, 0.3) is 0 Å². The fourth-order valence-corrected chi connectivity index (χ4v) is 2.87. The van der Waals surface area contributed by atoms with Gasteiger partial charge in [-0.25, -0.2) is 9.59 Å². The number of carbonyl (C=O) groups excluding carboxylic acids is 1. The molecule has 1 aliphatic heterocycles. The summed E-state index contributed by atoms with van der Waals surface area (Å²) >= 11 is 0. The topological polar surface area (TPSA) is 91.3 Å². The van der Waals surface area contributed by atoms with E-state index in [1.165, 1.54) is 7.11 Å². The van der Waals surface area contributed by atoms with Gasteiger partial charge < -0.3 is 24.1 Å². The van der Waals surface area contributed by atoms with Crippen molar-refractivity contribution in [3.8, 4) is 17.2 Å². The Labute approximate surface area is 156 Å². The minimum atomic E-state index is -1.22. The average Bonchev–Trinajstić information content (AvgIpc) is 3.14. The first-order chi connectivity index (χ1) is 13.0. The molecular formula is C20H20O7. The minimum Gasteiger partial charge on any atom is -0.478 e. The largest absolute Gasteiger partial charge is 0.478 e. The molecule has 7 nitrogen and oxygen atoms in total. The molecular weight excluding hydrogens is 352 g/mol. The molecule has 0 saturated heterocycles. The normalized spacial score (nSPS) is 13.1. The lowest BCUT2D eigenvalue weighted by molar-refractivity contribution is -0.145. The molecule has 7 heteroatoms. The Hall–Kier alpha value is -3.22. The Kier molecular flexibility index (Phi) is 5.49. The highest BCUT2D eigenvalue weighted by Gasteiger charge is 2.26. The maximum atomic E-state index is 11.8. The van der Waals surface area contributed by atoms with E-state index in [4.69, 9.17) is 18.9 Å². The van der Waals surface area contributed by atoms with Crippen LogP contribution in [0.2, 0.25) is 0 Å². The molecule has 2 aromatic carbocycles. The van der Waals surface area contributed by atoms with Gasteiger partial charge >= 0.3 is 11.9 Å². The summed E-state index contributed by atoms with van der Waals surface area (Å²) in [6.07, 6.45) is 0.218. The van der Waals surface area contributed by atoms with Gasteiger partial charge in [-0.15, -0.1) is 0 Å². The number of carbonyl (C=O) groups is 2. The maximum absolute atomic E-state index is 11.8. The zero-order chi connectivity index (χ0) is 19.4. The van der Waals surface area contributed by atoms with Crippen molar-refractivity contribution in [1.29, 1.82) is 0 Å². The highest BCUT2D eigenvalue weighted by atomic mass is 16.7. The zero-order valence-corrected chi connectivity index (χ0v) is 15.1. The van der Waals surface area contributed by atoms with Crippen molar-refractivity contribution in [2.75, 3.05) is 13.9 Å². The van der Waals surface area contributed by atoms with Gasteiger partial charge in [0.05, 0.1) is 12.7 Å². The van der Waals surface area contributed by atoms with Crippen LogP contribution in [0, 0.1) is 0 Å².